The van der Waals surface area contributed by atoms with Gasteiger partial charge in [0.05, 0.1) is 10.3 Å². The zero-order valence-corrected chi connectivity index (χ0v) is 12.7. The van der Waals surface area contributed by atoms with Crippen LogP contribution in [0.3, 0.4) is 0 Å². The molecular weight excluding hydrogens is 290 g/mol. The zero-order chi connectivity index (χ0) is 15.1. The number of thiophene rings is 1. The third-order valence-corrected chi connectivity index (χ3v) is 4.63. The lowest BCUT2D eigenvalue weighted by atomic mass is 9.79. The summed E-state index contributed by atoms with van der Waals surface area (Å²) < 4.78 is 5.28. The minimum Gasteiger partial charge on any atom is -0.381 e. The fourth-order valence-electron chi connectivity index (χ4n) is 2.32. The summed E-state index contributed by atoms with van der Waals surface area (Å²) >= 11 is 1.39. The molecule has 1 fully saturated rings. The average Bonchev–Trinajstić information content (AvgIpc) is 3.06. The first kappa shape index (κ1) is 15.9. The standard InChI is InChI=1S/C14H21N3O3S/c15-10-14(3-7-20-8-4-14)13(19)17-6-5-16-12(18)11-2-1-9-21-11/h1-2,9H,3-8,10,15H2,(H,16,18)(H,17,19). The molecule has 2 amide bonds. The van der Waals surface area contributed by atoms with E-state index in [1.807, 2.05) is 11.4 Å². The van der Waals surface area contributed by atoms with Crippen LogP contribution in [0.25, 0.3) is 0 Å². The first-order valence-corrected chi connectivity index (χ1v) is 7.94. The van der Waals surface area contributed by atoms with E-state index in [0.29, 0.717) is 50.6 Å². The van der Waals surface area contributed by atoms with Gasteiger partial charge in [-0.25, -0.2) is 0 Å². The van der Waals surface area contributed by atoms with E-state index in [-0.39, 0.29) is 11.8 Å². The Morgan fingerprint density at radius 1 is 1.29 bits per heavy atom. The predicted molar refractivity (Wildman–Crippen MR) is 81.2 cm³/mol. The van der Waals surface area contributed by atoms with Crippen molar-refractivity contribution in [2.45, 2.75) is 12.8 Å². The Hall–Kier alpha value is -1.44. The van der Waals surface area contributed by atoms with Crippen LogP contribution in [0.1, 0.15) is 22.5 Å². The second kappa shape index (κ2) is 7.53. The number of hydrogen-bond donors (Lipinski definition) is 3. The van der Waals surface area contributed by atoms with Gasteiger partial charge >= 0.3 is 0 Å². The van der Waals surface area contributed by atoms with Crippen molar-refractivity contribution >= 4 is 23.2 Å². The number of carbonyl (C=O) groups is 2. The van der Waals surface area contributed by atoms with Crippen LogP contribution in [0.2, 0.25) is 0 Å². The lowest BCUT2D eigenvalue weighted by Gasteiger charge is -2.34. The van der Waals surface area contributed by atoms with Gasteiger partial charge in [0.1, 0.15) is 0 Å². The Morgan fingerprint density at radius 3 is 2.62 bits per heavy atom. The van der Waals surface area contributed by atoms with Crippen molar-refractivity contribution in [3.63, 3.8) is 0 Å². The number of carbonyl (C=O) groups excluding carboxylic acids is 2. The number of nitrogens with one attached hydrogen (secondary N) is 2. The van der Waals surface area contributed by atoms with E-state index in [0.717, 1.165) is 0 Å². The van der Waals surface area contributed by atoms with E-state index in [1.54, 1.807) is 6.07 Å². The maximum absolute atomic E-state index is 12.3. The van der Waals surface area contributed by atoms with Gasteiger partial charge in [-0.1, -0.05) is 6.07 Å². The third-order valence-electron chi connectivity index (χ3n) is 3.76. The van der Waals surface area contributed by atoms with Crippen molar-refractivity contribution < 1.29 is 14.3 Å². The number of hydrogen-bond acceptors (Lipinski definition) is 5. The fraction of sp³-hybridized carbons (Fsp3) is 0.571. The van der Waals surface area contributed by atoms with Gasteiger partial charge in [0, 0.05) is 32.8 Å². The molecule has 0 atom stereocenters. The van der Waals surface area contributed by atoms with Gasteiger partial charge in [0.15, 0.2) is 0 Å². The summed E-state index contributed by atoms with van der Waals surface area (Å²) in [5.74, 6) is -0.155. The van der Waals surface area contributed by atoms with Crippen molar-refractivity contribution in [2.75, 3.05) is 32.8 Å². The molecule has 7 heteroatoms. The first-order chi connectivity index (χ1) is 10.2. The normalized spacial score (nSPS) is 17.2. The highest BCUT2D eigenvalue weighted by Crippen LogP contribution is 2.29. The molecule has 1 aliphatic rings. The van der Waals surface area contributed by atoms with E-state index in [2.05, 4.69) is 10.6 Å². The SMILES string of the molecule is NCC1(C(=O)NCCNC(=O)c2cccs2)CCOCC1. The van der Waals surface area contributed by atoms with Crippen molar-refractivity contribution in [1.82, 2.24) is 10.6 Å². The summed E-state index contributed by atoms with van der Waals surface area (Å²) in [6.07, 6.45) is 1.30. The minimum atomic E-state index is -0.518. The van der Waals surface area contributed by atoms with E-state index < -0.39 is 5.41 Å². The van der Waals surface area contributed by atoms with Crippen molar-refractivity contribution in [2.24, 2.45) is 11.1 Å². The number of ether oxygens (including phenoxy) is 1. The average molecular weight is 311 g/mol. The van der Waals surface area contributed by atoms with E-state index >= 15 is 0 Å². The molecule has 1 aliphatic heterocycles. The zero-order valence-electron chi connectivity index (χ0n) is 11.9. The summed E-state index contributed by atoms with van der Waals surface area (Å²) in [7, 11) is 0. The third kappa shape index (κ3) is 4.03. The first-order valence-electron chi connectivity index (χ1n) is 7.06. The number of rotatable bonds is 6. The Balaban J connectivity index is 1.72. The van der Waals surface area contributed by atoms with Crippen LogP contribution in [0, 0.1) is 5.41 Å². The molecule has 0 unspecified atom stereocenters. The highest BCUT2D eigenvalue weighted by Gasteiger charge is 2.38. The molecule has 116 valence electrons. The van der Waals surface area contributed by atoms with Crippen molar-refractivity contribution in [1.29, 1.82) is 0 Å². The summed E-state index contributed by atoms with van der Waals surface area (Å²) in [5.41, 5.74) is 5.25. The fourth-order valence-corrected chi connectivity index (χ4v) is 2.96. The molecule has 1 aromatic rings. The molecule has 0 aromatic carbocycles. The number of amides is 2. The van der Waals surface area contributed by atoms with Gasteiger partial charge in [-0.15, -0.1) is 11.3 Å². The molecule has 0 bridgehead atoms. The second-order valence-electron chi connectivity index (χ2n) is 5.09. The van der Waals surface area contributed by atoms with Crippen LogP contribution in [0.5, 0.6) is 0 Å². The molecule has 2 heterocycles. The quantitative estimate of drug-likeness (QED) is 0.661. The topological polar surface area (TPSA) is 93.5 Å². The molecule has 1 saturated heterocycles. The molecule has 0 saturated carbocycles. The van der Waals surface area contributed by atoms with Crippen LogP contribution in [-0.4, -0.2) is 44.7 Å². The lowest BCUT2D eigenvalue weighted by molar-refractivity contribution is -0.135. The highest BCUT2D eigenvalue weighted by atomic mass is 32.1. The van der Waals surface area contributed by atoms with Crippen molar-refractivity contribution in [3.05, 3.63) is 22.4 Å². The molecule has 2 rings (SSSR count). The van der Waals surface area contributed by atoms with Gasteiger partial charge in [-0.3, -0.25) is 9.59 Å². The van der Waals surface area contributed by atoms with Gasteiger partial charge in [-0.05, 0) is 24.3 Å². The van der Waals surface area contributed by atoms with Gasteiger partial charge < -0.3 is 21.1 Å². The molecule has 0 radical (unpaired) electrons. The lowest BCUT2D eigenvalue weighted by Crippen LogP contribution is -2.50. The summed E-state index contributed by atoms with van der Waals surface area (Å²) in [4.78, 5) is 24.7. The minimum absolute atomic E-state index is 0.0429. The smallest absolute Gasteiger partial charge is 0.261 e. The highest BCUT2D eigenvalue weighted by molar-refractivity contribution is 7.12. The van der Waals surface area contributed by atoms with E-state index in [1.165, 1.54) is 11.3 Å². The van der Waals surface area contributed by atoms with Gasteiger partial charge in [0.2, 0.25) is 5.91 Å². The summed E-state index contributed by atoms with van der Waals surface area (Å²) in [6, 6.07) is 3.60. The molecule has 21 heavy (non-hydrogen) atoms. The molecule has 1 aromatic heterocycles. The van der Waals surface area contributed by atoms with Crippen LogP contribution in [0.15, 0.2) is 17.5 Å². The van der Waals surface area contributed by atoms with Crippen LogP contribution in [0.4, 0.5) is 0 Å². The monoisotopic (exact) mass is 311 g/mol. The molecule has 0 aliphatic carbocycles. The maximum Gasteiger partial charge on any atom is 0.261 e. The van der Waals surface area contributed by atoms with Crippen LogP contribution >= 0.6 is 11.3 Å². The summed E-state index contributed by atoms with van der Waals surface area (Å²) in [6.45, 7) is 2.27. The Bertz CT molecular complexity index is 470. The Labute approximate surface area is 128 Å². The summed E-state index contributed by atoms with van der Waals surface area (Å²) in [5, 5.41) is 7.49. The predicted octanol–water partition coefficient (Wildman–Crippen LogP) is 0.350. The van der Waals surface area contributed by atoms with E-state index in [9.17, 15) is 9.59 Å². The van der Waals surface area contributed by atoms with Crippen LogP contribution < -0.4 is 16.4 Å². The Morgan fingerprint density at radius 2 is 2.00 bits per heavy atom. The van der Waals surface area contributed by atoms with Gasteiger partial charge in [-0.2, -0.15) is 0 Å². The molecule has 0 spiro atoms. The molecular formula is C14H21N3O3S. The number of nitrogens with two attached hydrogens (primary N) is 1. The largest absolute Gasteiger partial charge is 0.381 e. The van der Waals surface area contributed by atoms with Crippen molar-refractivity contribution in [3.8, 4) is 0 Å². The molecule has 6 nitrogen and oxygen atoms in total. The molecule has 4 N–H and O–H groups in total. The van der Waals surface area contributed by atoms with E-state index in [4.69, 9.17) is 10.5 Å². The van der Waals surface area contributed by atoms with Crippen LogP contribution in [-0.2, 0) is 9.53 Å². The second-order valence-corrected chi connectivity index (χ2v) is 6.03. The Kier molecular flexibility index (Phi) is 5.72. The van der Waals surface area contributed by atoms with Gasteiger partial charge in [0.25, 0.3) is 5.91 Å². The maximum atomic E-state index is 12.3.